The van der Waals surface area contributed by atoms with E-state index in [9.17, 15) is 29.0 Å². The molecule has 0 saturated carbocycles. The molecule has 3 aromatic heterocycles. The number of fused-ring (bicyclic) bond motifs is 1. The number of likely N-dealkylation sites (tertiary alicyclic amines) is 1. The number of aromatic nitrogens is 4. The smallest absolute Gasteiger partial charge is 0.274 e. The van der Waals surface area contributed by atoms with Crippen LogP contribution >= 0.6 is 23.2 Å². The first-order valence-corrected chi connectivity index (χ1v) is 23.8. The van der Waals surface area contributed by atoms with Crippen LogP contribution in [0.3, 0.4) is 0 Å². The Morgan fingerprint density at radius 1 is 0.884 bits per heavy atom. The van der Waals surface area contributed by atoms with E-state index < -0.39 is 18.0 Å². The number of aromatic hydroxyl groups is 2. The SMILES string of the molecule is CCNC(=O)c1noc(-c2cc(C(C)C)c(O)cc2O)c1-c1ccc(CN2CCN(C(=O)CCC(=O)N3CCC(n4cc(-c5cnc6c(c5)OC(c5c(Cl)ccc(F)c5Cl)N6)cn4)CC3)CC2)cc1. The predicted molar refractivity (Wildman–Crippen MR) is 258 cm³/mol. The maximum Gasteiger partial charge on any atom is 0.274 e. The van der Waals surface area contributed by atoms with Crippen molar-refractivity contribution in [3.63, 3.8) is 0 Å². The second-order valence-corrected chi connectivity index (χ2v) is 18.6. The topological polar surface area (TPSA) is 191 Å². The van der Waals surface area contributed by atoms with Gasteiger partial charge in [0.15, 0.2) is 23.0 Å². The molecule has 3 aromatic carbocycles. The summed E-state index contributed by atoms with van der Waals surface area (Å²) >= 11 is 12.5. The summed E-state index contributed by atoms with van der Waals surface area (Å²) in [6.07, 6.45) is 6.39. The lowest BCUT2D eigenvalue weighted by Gasteiger charge is -2.35. The first-order valence-electron chi connectivity index (χ1n) is 23.1. The van der Waals surface area contributed by atoms with Gasteiger partial charge in [-0.2, -0.15) is 5.10 Å². The molecule has 0 spiro atoms. The van der Waals surface area contributed by atoms with Crippen LogP contribution < -0.4 is 15.4 Å². The molecule has 0 radical (unpaired) electrons. The highest BCUT2D eigenvalue weighted by Gasteiger charge is 2.32. The van der Waals surface area contributed by atoms with Gasteiger partial charge in [0.1, 0.15) is 17.3 Å². The van der Waals surface area contributed by atoms with Gasteiger partial charge in [-0.25, -0.2) is 9.37 Å². The van der Waals surface area contributed by atoms with E-state index in [2.05, 4.69) is 30.8 Å². The molecule has 3 aliphatic heterocycles. The van der Waals surface area contributed by atoms with Crippen molar-refractivity contribution >= 4 is 46.7 Å². The molecule has 2 fully saturated rings. The molecule has 3 amide bonds. The number of phenols is 2. The summed E-state index contributed by atoms with van der Waals surface area (Å²) in [5, 5.41) is 36.1. The minimum absolute atomic E-state index is 0.0291. The molecule has 69 heavy (non-hydrogen) atoms. The van der Waals surface area contributed by atoms with E-state index in [-0.39, 0.29) is 69.6 Å². The molecule has 3 aliphatic rings. The second kappa shape index (κ2) is 20.1. The van der Waals surface area contributed by atoms with Gasteiger partial charge in [0, 0.05) is 94.8 Å². The fourth-order valence-electron chi connectivity index (χ4n) is 9.16. The van der Waals surface area contributed by atoms with Gasteiger partial charge < -0.3 is 39.9 Å². The Hall–Kier alpha value is -6.69. The minimum atomic E-state index is -0.800. The van der Waals surface area contributed by atoms with Gasteiger partial charge >= 0.3 is 0 Å². The third-order valence-electron chi connectivity index (χ3n) is 13.0. The number of ether oxygens (including phenoxy) is 1. The van der Waals surface area contributed by atoms with E-state index in [0.29, 0.717) is 91.7 Å². The number of nitrogens with one attached hydrogen (secondary N) is 2. The summed E-state index contributed by atoms with van der Waals surface area (Å²) in [7, 11) is 0. The third kappa shape index (κ3) is 9.94. The van der Waals surface area contributed by atoms with Gasteiger partial charge in [0.2, 0.25) is 18.0 Å². The molecule has 0 bridgehead atoms. The van der Waals surface area contributed by atoms with Crippen LogP contribution in [-0.2, 0) is 16.1 Å². The van der Waals surface area contributed by atoms with Gasteiger partial charge in [-0.1, -0.05) is 66.5 Å². The zero-order chi connectivity index (χ0) is 48.5. The summed E-state index contributed by atoms with van der Waals surface area (Å²) in [6, 6.07) is 15.3. The second-order valence-electron chi connectivity index (χ2n) is 17.8. The molecule has 16 nitrogen and oxygen atoms in total. The largest absolute Gasteiger partial charge is 0.508 e. The minimum Gasteiger partial charge on any atom is -0.508 e. The van der Waals surface area contributed by atoms with Crippen molar-refractivity contribution in [2.45, 2.75) is 71.2 Å². The van der Waals surface area contributed by atoms with Crippen molar-refractivity contribution in [2.24, 2.45) is 0 Å². The zero-order valence-corrected chi connectivity index (χ0v) is 39.9. The molecular weight excluding hydrogens is 929 g/mol. The van der Waals surface area contributed by atoms with Crippen molar-refractivity contribution in [1.29, 1.82) is 0 Å². The number of piperazine rings is 1. The highest BCUT2D eigenvalue weighted by molar-refractivity contribution is 6.36. The maximum absolute atomic E-state index is 14.2. The first-order chi connectivity index (χ1) is 33.3. The standard InChI is InChI=1S/C50H52Cl2FN9O7/c1-4-54-49(67)46-43(47(69-58-46)35-22-34(28(2)3)38(63)23-39(35)64)30-7-5-29(6-8-30)26-59-17-19-61(20-18-59)42(66)12-11-41(65)60-15-13-33(14-16-60)62-27-32(25-56-62)31-21-40-48(55-24-31)57-50(68-40)44-36(51)9-10-37(53)45(44)52/h5-10,21-25,27-28,33,50,63-64H,4,11-20,26H2,1-3H3,(H,54,67)(H,55,57). The lowest BCUT2D eigenvalue weighted by Crippen LogP contribution is -2.48. The van der Waals surface area contributed by atoms with E-state index in [1.807, 2.05) is 71.8 Å². The summed E-state index contributed by atoms with van der Waals surface area (Å²) < 4.78 is 27.9. The number of rotatable bonds is 13. The lowest BCUT2D eigenvalue weighted by atomic mass is 9.94. The van der Waals surface area contributed by atoms with Crippen LogP contribution in [0.2, 0.25) is 10.0 Å². The van der Waals surface area contributed by atoms with Gasteiger partial charge in [-0.15, -0.1) is 0 Å². The van der Waals surface area contributed by atoms with Crippen LogP contribution in [0, 0.1) is 5.82 Å². The highest BCUT2D eigenvalue weighted by Crippen LogP contribution is 2.45. The maximum atomic E-state index is 14.2. The molecule has 6 aromatic rings. The average molecular weight is 981 g/mol. The van der Waals surface area contributed by atoms with Gasteiger partial charge in [-0.3, -0.25) is 24.0 Å². The summed E-state index contributed by atoms with van der Waals surface area (Å²) in [5.74, 6) is -0.160. The van der Waals surface area contributed by atoms with E-state index >= 15 is 0 Å². The summed E-state index contributed by atoms with van der Waals surface area (Å²) in [5.41, 5.74) is 5.09. The van der Waals surface area contributed by atoms with Crippen molar-refractivity contribution in [2.75, 3.05) is 51.1 Å². The van der Waals surface area contributed by atoms with Crippen molar-refractivity contribution in [3.8, 4) is 50.8 Å². The normalized spacial score (nSPS) is 16.4. The molecule has 2 saturated heterocycles. The van der Waals surface area contributed by atoms with Crippen molar-refractivity contribution in [3.05, 3.63) is 111 Å². The summed E-state index contributed by atoms with van der Waals surface area (Å²) in [4.78, 5) is 50.1. The molecule has 1 atom stereocenters. The number of hydrogen-bond donors (Lipinski definition) is 4. The molecular formula is C50H52Cl2FN9O7. The Morgan fingerprint density at radius 2 is 1.59 bits per heavy atom. The Bertz CT molecular complexity index is 2890. The number of phenolic OH excluding ortho intramolecular Hbond substituents is 2. The quantitative estimate of drug-likeness (QED) is 0.0806. The number of amides is 3. The van der Waals surface area contributed by atoms with Crippen LogP contribution in [0.1, 0.15) is 91.8 Å². The van der Waals surface area contributed by atoms with Crippen LogP contribution in [0.5, 0.6) is 17.2 Å². The number of pyridine rings is 1. The van der Waals surface area contributed by atoms with Crippen LogP contribution in [0.15, 0.2) is 77.7 Å². The number of benzene rings is 3. The monoisotopic (exact) mass is 979 g/mol. The number of anilines is 1. The fraction of sp³-hybridized carbons (Fsp3) is 0.360. The van der Waals surface area contributed by atoms with Crippen molar-refractivity contribution < 1.29 is 38.2 Å². The number of nitrogens with zero attached hydrogens (tertiary/aromatic N) is 7. The molecule has 360 valence electrons. The molecule has 6 heterocycles. The predicted octanol–water partition coefficient (Wildman–Crippen LogP) is 8.79. The molecule has 19 heteroatoms. The number of hydrogen-bond acceptors (Lipinski definition) is 12. The molecule has 9 rings (SSSR count). The number of carbonyl (C=O) groups excluding carboxylic acids is 3. The van der Waals surface area contributed by atoms with Crippen LogP contribution in [-0.4, -0.2) is 108 Å². The van der Waals surface area contributed by atoms with E-state index in [0.717, 1.165) is 29.5 Å². The number of piperidine rings is 1. The Balaban J connectivity index is 0.735. The highest BCUT2D eigenvalue weighted by atomic mass is 35.5. The van der Waals surface area contributed by atoms with Crippen LogP contribution in [0.25, 0.3) is 33.6 Å². The molecule has 0 aliphatic carbocycles. The van der Waals surface area contributed by atoms with Crippen molar-refractivity contribution in [1.82, 2.24) is 39.9 Å². The number of carbonyl (C=O) groups is 3. The Morgan fingerprint density at radius 3 is 2.29 bits per heavy atom. The molecule has 4 N–H and O–H groups in total. The Labute approximate surface area is 407 Å². The zero-order valence-electron chi connectivity index (χ0n) is 38.3. The van der Waals surface area contributed by atoms with E-state index in [1.54, 1.807) is 18.5 Å². The van der Waals surface area contributed by atoms with Gasteiger partial charge in [-0.05, 0) is 66.6 Å². The third-order valence-corrected chi connectivity index (χ3v) is 13.7. The molecule has 1 unspecified atom stereocenters. The van der Waals surface area contributed by atoms with Gasteiger partial charge in [0.25, 0.3) is 5.91 Å². The first kappa shape index (κ1) is 47.4. The summed E-state index contributed by atoms with van der Waals surface area (Å²) in [6.45, 7) is 10.3. The van der Waals surface area contributed by atoms with Crippen LogP contribution in [0.4, 0.5) is 10.2 Å². The average Bonchev–Trinajstić information content (AvgIpc) is 4.12. The van der Waals surface area contributed by atoms with E-state index in [4.69, 9.17) is 32.5 Å². The fourth-order valence-corrected chi connectivity index (χ4v) is 9.73. The van der Waals surface area contributed by atoms with Gasteiger partial charge in [0.05, 0.1) is 39.0 Å². The lowest BCUT2D eigenvalue weighted by molar-refractivity contribution is -0.138. The Kier molecular flexibility index (Phi) is 13.8. The van der Waals surface area contributed by atoms with E-state index in [1.165, 1.54) is 18.2 Å². The number of halogens is 3.